The molecule has 0 aliphatic carbocycles. The zero-order valence-corrected chi connectivity index (χ0v) is 16.5. The Morgan fingerprint density at radius 1 is 1.28 bits per heavy atom. The molecule has 2 aromatic carbocycles. The normalized spacial score (nSPS) is 18.2. The monoisotopic (exact) mass is 396 g/mol. The van der Waals surface area contributed by atoms with Crippen molar-refractivity contribution in [2.24, 2.45) is 10.7 Å². The zero-order chi connectivity index (χ0) is 21.6. The van der Waals surface area contributed by atoms with Crippen LogP contribution in [0.15, 0.2) is 53.5 Å². The lowest BCUT2D eigenvalue weighted by atomic mass is 9.87. The summed E-state index contributed by atoms with van der Waals surface area (Å²) in [6.07, 6.45) is 0.222. The maximum atomic E-state index is 12.4. The number of guanidine groups is 1. The second-order valence-electron chi connectivity index (χ2n) is 6.88. The van der Waals surface area contributed by atoms with Gasteiger partial charge in [-0.15, -0.1) is 0 Å². The van der Waals surface area contributed by atoms with Crippen LogP contribution in [0.5, 0.6) is 0 Å². The van der Waals surface area contributed by atoms with Gasteiger partial charge in [0.2, 0.25) is 5.91 Å². The minimum Gasteiger partial charge on any atom is -0.483 e. The van der Waals surface area contributed by atoms with Crippen molar-refractivity contribution in [1.82, 2.24) is 4.90 Å². The van der Waals surface area contributed by atoms with E-state index in [9.17, 15) is 9.59 Å². The largest absolute Gasteiger partial charge is 0.483 e. The summed E-state index contributed by atoms with van der Waals surface area (Å²) in [7, 11) is 1.61. The Labute approximate surface area is 169 Å². The van der Waals surface area contributed by atoms with Crippen LogP contribution in [0.4, 0.5) is 5.69 Å². The molecule has 2 amide bonds. The van der Waals surface area contributed by atoms with Crippen molar-refractivity contribution >= 4 is 29.9 Å². The molecule has 1 atom stereocenters. The van der Waals surface area contributed by atoms with Crippen LogP contribution in [-0.4, -0.2) is 41.3 Å². The van der Waals surface area contributed by atoms with E-state index in [1.165, 1.54) is 4.90 Å². The Bertz CT molecular complexity index is 940. The number of aryl methyl sites for hydroxylation is 1. The lowest BCUT2D eigenvalue weighted by molar-refractivity contribution is -0.128. The maximum absolute atomic E-state index is 12.4. The van der Waals surface area contributed by atoms with Crippen LogP contribution in [0, 0.1) is 6.92 Å². The van der Waals surface area contributed by atoms with Gasteiger partial charge in [-0.25, -0.2) is 4.99 Å². The third kappa shape index (κ3) is 5.19. The molecule has 0 spiro atoms. The Kier molecular flexibility index (Phi) is 6.71. The van der Waals surface area contributed by atoms with E-state index < -0.39 is 5.54 Å². The van der Waals surface area contributed by atoms with Crippen LogP contribution in [0.1, 0.15) is 34.8 Å². The molecule has 8 heteroatoms. The number of carbonyl (C=O) groups excluding carboxylic acids is 2. The number of nitrogens with one attached hydrogen (secondary N) is 1. The Balaban J connectivity index is 0.000000941. The molecule has 3 rings (SSSR count). The molecule has 0 bridgehead atoms. The standard InChI is InChI=1S/C20H22N4O2.CH2O2/c1-13-7-9-14(10-8-13)18(26)22-16-6-4-5-15(11-16)20(2)12-17(25)24(3)19(21)23-20;2-1-3/h4-11H,12H2,1-3H3,(H2,21,23)(H,22,26);1H,(H,2,3)/t20-;/m0./s1. The van der Waals surface area contributed by atoms with E-state index in [0.717, 1.165) is 11.1 Å². The van der Waals surface area contributed by atoms with Gasteiger partial charge in [-0.05, 0) is 43.7 Å². The fraction of sp³-hybridized carbons (Fsp3) is 0.238. The molecule has 152 valence electrons. The van der Waals surface area contributed by atoms with E-state index in [4.69, 9.17) is 15.6 Å². The molecule has 0 unspecified atom stereocenters. The van der Waals surface area contributed by atoms with Gasteiger partial charge in [0.1, 0.15) is 0 Å². The minimum absolute atomic E-state index is 0.0888. The molecule has 0 saturated carbocycles. The number of rotatable bonds is 3. The van der Waals surface area contributed by atoms with Gasteiger partial charge in [-0.1, -0.05) is 29.8 Å². The predicted molar refractivity (Wildman–Crippen MR) is 111 cm³/mol. The molecule has 0 radical (unpaired) electrons. The number of anilines is 1. The summed E-state index contributed by atoms with van der Waals surface area (Å²) in [5.74, 6) is -0.0817. The van der Waals surface area contributed by atoms with Crippen molar-refractivity contribution in [2.45, 2.75) is 25.8 Å². The minimum atomic E-state index is -0.752. The summed E-state index contributed by atoms with van der Waals surface area (Å²) in [5, 5.41) is 9.78. The highest BCUT2D eigenvalue weighted by Crippen LogP contribution is 2.34. The Hall–Kier alpha value is -3.68. The van der Waals surface area contributed by atoms with E-state index in [2.05, 4.69) is 10.3 Å². The quantitative estimate of drug-likeness (QED) is 0.687. The lowest BCUT2D eigenvalue weighted by Gasteiger charge is -2.33. The number of hydrogen-bond acceptors (Lipinski definition) is 5. The summed E-state index contributed by atoms with van der Waals surface area (Å²) < 4.78 is 0. The van der Waals surface area contributed by atoms with E-state index in [0.29, 0.717) is 11.3 Å². The maximum Gasteiger partial charge on any atom is 0.290 e. The van der Waals surface area contributed by atoms with Gasteiger partial charge in [-0.2, -0.15) is 0 Å². The van der Waals surface area contributed by atoms with Gasteiger partial charge in [0.15, 0.2) is 5.96 Å². The highest BCUT2D eigenvalue weighted by Gasteiger charge is 2.36. The molecular formula is C21H24N4O4. The second kappa shape index (κ2) is 9.01. The number of carboxylic acid groups (broad SMARTS) is 1. The predicted octanol–water partition coefficient (Wildman–Crippen LogP) is 2.34. The van der Waals surface area contributed by atoms with Crippen molar-refractivity contribution in [3.05, 3.63) is 65.2 Å². The molecule has 1 aliphatic heterocycles. The third-order valence-electron chi connectivity index (χ3n) is 4.63. The van der Waals surface area contributed by atoms with Crippen LogP contribution in [0.2, 0.25) is 0 Å². The average molecular weight is 396 g/mol. The Morgan fingerprint density at radius 3 is 2.48 bits per heavy atom. The topological polar surface area (TPSA) is 125 Å². The first-order valence-corrected chi connectivity index (χ1v) is 8.88. The van der Waals surface area contributed by atoms with Crippen molar-refractivity contribution < 1.29 is 19.5 Å². The highest BCUT2D eigenvalue weighted by molar-refractivity contribution is 6.04. The van der Waals surface area contributed by atoms with Crippen LogP contribution in [-0.2, 0) is 15.1 Å². The van der Waals surface area contributed by atoms with Crippen molar-refractivity contribution in [3.8, 4) is 0 Å². The van der Waals surface area contributed by atoms with Crippen molar-refractivity contribution in [3.63, 3.8) is 0 Å². The van der Waals surface area contributed by atoms with E-state index in [1.54, 1.807) is 19.2 Å². The summed E-state index contributed by atoms with van der Waals surface area (Å²) in [5.41, 5.74) is 8.28. The molecule has 2 aromatic rings. The lowest BCUT2D eigenvalue weighted by Crippen LogP contribution is -2.47. The van der Waals surface area contributed by atoms with Gasteiger partial charge in [0.25, 0.3) is 12.4 Å². The molecular weight excluding hydrogens is 372 g/mol. The fourth-order valence-electron chi connectivity index (χ4n) is 2.91. The van der Waals surface area contributed by atoms with Crippen LogP contribution < -0.4 is 11.1 Å². The molecule has 29 heavy (non-hydrogen) atoms. The van der Waals surface area contributed by atoms with Gasteiger partial charge in [0.05, 0.1) is 12.0 Å². The number of hydrogen-bond donors (Lipinski definition) is 3. The Morgan fingerprint density at radius 2 is 1.90 bits per heavy atom. The fourth-order valence-corrected chi connectivity index (χ4v) is 2.91. The van der Waals surface area contributed by atoms with Gasteiger partial charge in [-0.3, -0.25) is 19.3 Å². The molecule has 1 aliphatic rings. The number of nitrogens with zero attached hydrogens (tertiary/aromatic N) is 2. The van der Waals surface area contributed by atoms with Crippen LogP contribution >= 0.6 is 0 Å². The first-order chi connectivity index (χ1) is 13.7. The second-order valence-corrected chi connectivity index (χ2v) is 6.88. The number of aliphatic imine (C=N–C) groups is 1. The summed E-state index contributed by atoms with van der Waals surface area (Å²) >= 11 is 0. The highest BCUT2D eigenvalue weighted by atomic mass is 16.3. The molecule has 0 aromatic heterocycles. The first-order valence-electron chi connectivity index (χ1n) is 8.88. The van der Waals surface area contributed by atoms with Crippen LogP contribution in [0.3, 0.4) is 0 Å². The number of benzene rings is 2. The van der Waals surface area contributed by atoms with Crippen molar-refractivity contribution in [2.75, 3.05) is 12.4 Å². The summed E-state index contributed by atoms with van der Waals surface area (Å²) in [4.78, 5) is 38.8. The number of nitrogens with two attached hydrogens (primary N) is 1. The van der Waals surface area contributed by atoms with Gasteiger partial charge >= 0.3 is 0 Å². The van der Waals surface area contributed by atoms with E-state index in [-0.39, 0.29) is 30.7 Å². The van der Waals surface area contributed by atoms with Crippen LogP contribution in [0.25, 0.3) is 0 Å². The summed E-state index contributed by atoms with van der Waals surface area (Å²) in [6.45, 7) is 3.59. The molecule has 0 saturated heterocycles. The number of carbonyl (C=O) groups is 3. The zero-order valence-electron chi connectivity index (χ0n) is 16.5. The SMILES string of the molecule is Cc1ccc(C(=O)Nc2cccc([C@]3(C)CC(=O)N(C)C(N)=N3)c2)cc1.O=CO. The van der Waals surface area contributed by atoms with E-state index in [1.807, 2.05) is 50.2 Å². The van der Waals surface area contributed by atoms with Gasteiger partial charge in [0, 0.05) is 18.3 Å². The van der Waals surface area contributed by atoms with Crippen molar-refractivity contribution in [1.29, 1.82) is 0 Å². The van der Waals surface area contributed by atoms with Gasteiger partial charge < -0.3 is 16.2 Å². The number of amides is 2. The average Bonchev–Trinajstić information content (AvgIpc) is 2.67. The molecule has 8 nitrogen and oxygen atoms in total. The third-order valence-corrected chi connectivity index (χ3v) is 4.63. The first kappa shape index (κ1) is 21.6. The molecule has 4 N–H and O–H groups in total. The van der Waals surface area contributed by atoms with E-state index >= 15 is 0 Å². The molecule has 1 heterocycles. The summed E-state index contributed by atoms with van der Waals surface area (Å²) in [6, 6.07) is 14.7. The smallest absolute Gasteiger partial charge is 0.290 e. The molecule has 0 fully saturated rings.